The van der Waals surface area contributed by atoms with Crippen LogP contribution < -0.4 is 4.90 Å². The minimum atomic E-state index is 0.746. The molecule has 0 bridgehead atoms. The second-order valence-corrected chi connectivity index (χ2v) is 5.59. The van der Waals surface area contributed by atoms with Crippen molar-refractivity contribution >= 4 is 22.8 Å². The van der Waals surface area contributed by atoms with E-state index in [9.17, 15) is 0 Å². The number of anilines is 1. The van der Waals surface area contributed by atoms with Gasteiger partial charge in [-0.15, -0.1) is 26.6 Å². The van der Waals surface area contributed by atoms with E-state index < -0.39 is 0 Å². The molecule has 20 heavy (non-hydrogen) atoms. The molecule has 3 heterocycles. The first-order chi connectivity index (χ1) is 9.67. The van der Waals surface area contributed by atoms with Gasteiger partial charge in [-0.3, -0.25) is 0 Å². The van der Waals surface area contributed by atoms with E-state index in [0.717, 1.165) is 35.9 Å². The highest BCUT2D eigenvalue weighted by Crippen LogP contribution is 2.16. The lowest BCUT2D eigenvalue weighted by Gasteiger charge is -2.16. The Kier molecular flexibility index (Phi) is 3.35. The van der Waals surface area contributed by atoms with Gasteiger partial charge in [0.25, 0.3) is 0 Å². The van der Waals surface area contributed by atoms with Gasteiger partial charge >= 0.3 is 0 Å². The highest BCUT2D eigenvalue weighted by molar-refractivity contribution is 7.09. The maximum atomic E-state index is 4.58. The molecular weight excluding hydrogens is 272 g/mol. The average Bonchev–Trinajstić information content (AvgIpc) is 3.06. The largest absolute Gasteiger partial charge is 0.352 e. The molecule has 0 aliphatic rings. The zero-order chi connectivity index (χ0) is 14.1. The van der Waals surface area contributed by atoms with Crippen molar-refractivity contribution in [1.82, 2.24) is 24.8 Å². The first-order valence-corrected chi connectivity index (χ1v) is 7.39. The van der Waals surface area contributed by atoms with Gasteiger partial charge in [0.2, 0.25) is 0 Å². The molecule has 7 heteroatoms. The van der Waals surface area contributed by atoms with Crippen molar-refractivity contribution < 1.29 is 0 Å². The SMILES string of the molecule is CCc1nc(CN(C)c2ccc3nnc(C)n3n2)cs1. The second kappa shape index (κ2) is 5.16. The minimum Gasteiger partial charge on any atom is -0.352 e. The van der Waals surface area contributed by atoms with Crippen molar-refractivity contribution in [1.29, 1.82) is 0 Å². The summed E-state index contributed by atoms with van der Waals surface area (Å²) in [5.74, 6) is 1.67. The number of aryl methyl sites for hydroxylation is 2. The van der Waals surface area contributed by atoms with Crippen molar-refractivity contribution in [3.05, 3.63) is 34.0 Å². The minimum absolute atomic E-state index is 0.746. The van der Waals surface area contributed by atoms with E-state index >= 15 is 0 Å². The van der Waals surface area contributed by atoms with E-state index in [1.54, 1.807) is 15.9 Å². The summed E-state index contributed by atoms with van der Waals surface area (Å²) in [6.45, 7) is 4.76. The number of nitrogens with zero attached hydrogens (tertiary/aromatic N) is 6. The molecule has 0 saturated carbocycles. The standard InChI is InChI=1S/C13H16N6S/c1-4-13-14-10(8-20-13)7-18(3)12-6-5-11-16-15-9(2)19(11)17-12/h5-6,8H,4,7H2,1-3H3. The Morgan fingerprint density at radius 3 is 2.90 bits per heavy atom. The first kappa shape index (κ1) is 13.0. The smallest absolute Gasteiger partial charge is 0.178 e. The Morgan fingerprint density at radius 1 is 1.30 bits per heavy atom. The van der Waals surface area contributed by atoms with E-state index in [1.807, 2.05) is 26.1 Å². The fourth-order valence-corrected chi connectivity index (χ4v) is 2.73. The van der Waals surface area contributed by atoms with Gasteiger partial charge in [-0.1, -0.05) is 6.92 Å². The maximum absolute atomic E-state index is 4.58. The van der Waals surface area contributed by atoms with Crippen LogP contribution in [-0.4, -0.2) is 31.8 Å². The summed E-state index contributed by atoms with van der Waals surface area (Å²) < 4.78 is 1.75. The molecule has 3 aromatic heterocycles. The molecular formula is C13H16N6S. The molecule has 0 amide bonds. The number of thiazole rings is 1. The van der Waals surface area contributed by atoms with E-state index in [2.05, 4.69) is 37.5 Å². The summed E-state index contributed by atoms with van der Waals surface area (Å²) in [5.41, 5.74) is 1.85. The Labute approximate surface area is 121 Å². The van der Waals surface area contributed by atoms with Gasteiger partial charge in [0, 0.05) is 12.4 Å². The Hall–Kier alpha value is -2.02. The lowest BCUT2D eigenvalue weighted by Crippen LogP contribution is -2.19. The quantitative estimate of drug-likeness (QED) is 0.735. The zero-order valence-electron chi connectivity index (χ0n) is 11.7. The van der Waals surface area contributed by atoms with Crippen LogP contribution in [-0.2, 0) is 13.0 Å². The van der Waals surface area contributed by atoms with Gasteiger partial charge in [-0.2, -0.15) is 4.52 Å². The summed E-state index contributed by atoms with van der Waals surface area (Å²) in [7, 11) is 2.01. The molecule has 0 saturated heterocycles. The molecule has 3 rings (SSSR count). The second-order valence-electron chi connectivity index (χ2n) is 4.65. The topological polar surface area (TPSA) is 59.2 Å². The van der Waals surface area contributed by atoms with Crippen LogP contribution in [0.1, 0.15) is 23.4 Å². The Morgan fingerprint density at radius 2 is 2.15 bits per heavy atom. The normalized spacial score (nSPS) is 11.2. The van der Waals surface area contributed by atoms with E-state index in [1.165, 1.54) is 5.01 Å². The van der Waals surface area contributed by atoms with Crippen molar-refractivity contribution in [2.45, 2.75) is 26.8 Å². The van der Waals surface area contributed by atoms with E-state index in [-0.39, 0.29) is 0 Å². The van der Waals surface area contributed by atoms with Gasteiger partial charge in [0.1, 0.15) is 5.82 Å². The van der Waals surface area contributed by atoms with Crippen LogP contribution in [0, 0.1) is 6.92 Å². The average molecular weight is 288 g/mol. The van der Waals surface area contributed by atoms with Crippen LogP contribution in [0.4, 0.5) is 5.82 Å². The highest BCUT2D eigenvalue weighted by atomic mass is 32.1. The van der Waals surface area contributed by atoms with Crippen molar-refractivity contribution in [3.8, 4) is 0 Å². The van der Waals surface area contributed by atoms with E-state index in [4.69, 9.17) is 0 Å². The van der Waals surface area contributed by atoms with Crippen LogP contribution in [0.3, 0.4) is 0 Å². The van der Waals surface area contributed by atoms with Gasteiger partial charge in [-0.25, -0.2) is 4.98 Å². The molecule has 0 fully saturated rings. The number of fused-ring (bicyclic) bond motifs is 1. The first-order valence-electron chi connectivity index (χ1n) is 6.51. The fourth-order valence-electron chi connectivity index (χ4n) is 2.00. The number of aromatic nitrogens is 5. The third kappa shape index (κ3) is 2.36. The summed E-state index contributed by atoms with van der Waals surface area (Å²) in [6.07, 6.45) is 0.985. The predicted molar refractivity (Wildman–Crippen MR) is 79.1 cm³/mol. The number of hydrogen-bond donors (Lipinski definition) is 0. The van der Waals surface area contributed by atoms with E-state index in [0.29, 0.717) is 0 Å². The number of rotatable bonds is 4. The van der Waals surface area contributed by atoms with Crippen LogP contribution >= 0.6 is 11.3 Å². The van der Waals surface area contributed by atoms with Crippen LogP contribution in [0.2, 0.25) is 0 Å². The molecule has 3 aromatic rings. The third-order valence-electron chi connectivity index (χ3n) is 3.10. The molecule has 104 valence electrons. The third-order valence-corrected chi connectivity index (χ3v) is 4.14. The lowest BCUT2D eigenvalue weighted by atomic mass is 10.4. The summed E-state index contributed by atoms with van der Waals surface area (Å²) in [5, 5.41) is 15.9. The van der Waals surface area contributed by atoms with Gasteiger partial charge < -0.3 is 4.90 Å². The predicted octanol–water partition coefficient (Wildman–Crippen LogP) is 2.09. The molecule has 0 aromatic carbocycles. The lowest BCUT2D eigenvalue weighted by molar-refractivity contribution is 0.808. The fraction of sp³-hybridized carbons (Fsp3) is 0.385. The van der Waals surface area contributed by atoms with Crippen molar-refractivity contribution in [2.24, 2.45) is 0 Å². The Balaban J connectivity index is 1.84. The molecule has 0 radical (unpaired) electrons. The van der Waals surface area contributed by atoms with Gasteiger partial charge in [0.05, 0.1) is 17.2 Å². The molecule has 0 spiro atoms. The molecule has 0 unspecified atom stereocenters. The summed E-state index contributed by atoms with van der Waals surface area (Å²) >= 11 is 1.71. The van der Waals surface area contributed by atoms with Crippen LogP contribution in [0.15, 0.2) is 17.5 Å². The summed E-state index contributed by atoms with van der Waals surface area (Å²) in [6, 6.07) is 3.88. The van der Waals surface area contributed by atoms with Crippen LogP contribution in [0.25, 0.3) is 5.65 Å². The maximum Gasteiger partial charge on any atom is 0.178 e. The van der Waals surface area contributed by atoms with Crippen molar-refractivity contribution in [3.63, 3.8) is 0 Å². The monoisotopic (exact) mass is 288 g/mol. The molecule has 0 aliphatic heterocycles. The molecule has 6 nitrogen and oxygen atoms in total. The Bertz CT molecular complexity index is 731. The molecule has 0 atom stereocenters. The van der Waals surface area contributed by atoms with Gasteiger partial charge in [-0.05, 0) is 25.5 Å². The molecule has 0 N–H and O–H groups in total. The summed E-state index contributed by atoms with van der Waals surface area (Å²) in [4.78, 5) is 6.66. The highest BCUT2D eigenvalue weighted by Gasteiger charge is 2.09. The van der Waals surface area contributed by atoms with Gasteiger partial charge in [0.15, 0.2) is 11.5 Å². The van der Waals surface area contributed by atoms with Crippen LogP contribution in [0.5, 0.6) is 0 Å². The zero-order valence-corrected chi connectivity index (χ0v) is 12.6. The number of hydrogen-bond acceptors (Lipinski definition) is 6. The molecule has 0 aliphatic carbocycles. The van der Waals surface area contributed by atoms with Crippen molar-refractivity contribution in [2.75, 3.05) is 11.9 Å².